The normalized spacial score (nSPS) is 20.2. The molecule has 0 radical (unpaired) electrons. The summed E-state index contributed by atoms with van der Waals surface area (Å²) in [6.45, 7) is 2.54. The molecule has 0 saturated carbocycles. The van der Waals surface area contributed by atoms with Crippen LogP contribution in [-0.4, -0.2) is 19.3 Å². The summed E-state index contributed by atoms with van der Waals surface area (Å²) < 4.78 is 27.2. The van der Waals surface area contributed by atoms with Gasteiger partial charge in [0.25, 0.3) is 10.0 Å². The number of sulfonamides is 1. The highest BCUT2D eigenvalue weighted by Crippen LogP contribution is 2.39. The third kappa shape index (κ3) is 2.22. The first kappa shape index (κ1) is 12.8. The van der Waals surface area contributed by atoms with Crippen molar-refractivity contribution in [1.29, 1.82) is 0 Å². The topological polar surface area (TPSA) is 37.4 Å². The maximum atomic E-state index is 12.5. The van der Waals surface area contributed by atoms with Crippen LogP contribution >= 0.6 is 11.3 Å². The molecule has 0 N–H and O–H groups in total. The van der Waals surface area contributed by atoms with Crippen molar-refractivity contribution in [2.45, 2.75) is 23.6 Å². The van der Waals surface area contributed by atoms with Crippen molar-refractivity contribution in [3.8, 4) is 0 Å². The lowest BCUT2D eigenvalue weighted by Gasteiger charge is -2.39. The van der Waals surface area contributed by atoms with Gasteiger partial charge in [-0.2, -0.15) is 4.31 Å². The van der Waals surface area contributed by atoms with Crippen LogP contribution < -0.4 is 0 Å². The lowest BCUT2D eigenvalue weighted by Crippen LogP contribution is -2.44. The van der Waals surface area contributed by atoms with Crippen molar-refractivity contribution in [1.82, 2.24) is 4.31 Å². The Kier molecular flexibility index (Phi) is 3.20. The van der Waals surface area contributed by atoms with Gasteiger partial charge in [0, 0.05) is 11.4 Å². The fourth-order valence-corrected chi connectivity index (χ4v) is 5.40. The van der Waals surface area contributed by atoms with E-state index in [0.29, 0.717) is 10.8 Å². The number of hydrogen-bond acceptors (Lipinski definition) is 3. The SMILES string of the molecule is Cc1ccc(S(=O)(=O)N2CCC2c2ccccc2)s1. The number of rotatable bonds is 3. The summed E-state index contributed by atoms with van der Waals surface area (Å²) in [6.07, 6.45) is 0.896. The Morgan fingerprint density at radius 1 is 1.16 bits per heavy atom. The van der Waals surface area contributed by atoms with Gasteiger partial charge in [0.1, 0.15) is 4.21 Å². The molecule has 1 aromatic carbocycles. The molecule has 1 aliphatic heterocycles. The first-order chi connectivity index (χ1) is 9.09. The van der Waals surface area contributed by atoms with Gasteiger partial charge in [0.15, 0.2) is 0 Å². The summed E-state index contributed by atoms with van der Waals surface area (Å²) >= 11 is 1.34. The molecule has 1 unspecified atom stereocenters. The van der Waals surface area contributed by atoms with Gasteiger partial charge in [-0.15, -0.1) is 11.3 Å². The van der Waals surface area contributed by atoms with E-state index in [9.17, 15) is 8.42 Å². The molecule has 1 saturated heterocycles. The molecule has 1 atom stereocenters. The van der Waals surface area contributed by atoms with Crippen molar-refractivity contribution >= 4 is 21.4 Å². The summed E-state index contributed by atoms with van der Waals surface area (Å²) in [6, 6.07) is 13.4. The molecule has 3 nitrogen and oxygen atoms in total. The van der Waals surface area contributed by atoms with Crippen molar-refractivity contribution < 1.29 is 8.42 Å². The molecular weight excluding hydrogens is 278 g/mol. The Morgan fingerprint density at radius 3 is 2.42 bits per heavy atom. The molecule has 100 valence electrons. The summed E-state index contributed by atoms with van der Waals surface area (Å²) in [4.78, 5) is 1.02. The molecule has 0 amide bonds. The third-order valence-electron chi connectivity index (χ3n) is 3.43. The van der Waals surface area contributed by atoms with Crippen molar-refractivity contribution in [2.75, 3.05) is 6.54 Å². The van der Waals surface area contributed by atoms with Gasteiger partial charge in [-0.3, -0.25) is 0 Å². The number of thiophene rings is 1. The fraction of sp³-hybridized carbons (Fsp3) is 0.286. The second-order valence-corrected chi connectivity index (χ2v) is 8.10. The fourth-order valence-electron chi connectivity index (χ4n) is 2.33. The predicted octanol–water partition coefficient (Wildman–Crippen LogP) is 3.19. The van der Waals surface area contributed by atoms with Crippen LogP contribution in [0.1, 0.15) is 22.9 Å². The molecule has 2 aromatic rings. The molecule has 0 bridgehead atoms. The molecular formula is C14H15NO2S2. The van der Waals surface area contributed by atoms with Gasteiger partial charge in [0.2, 0.25) is 0 Å². The maximum absolute atomic E-state index is 12.5. The van der Waals surface area contributed by atoms with E-state index in [1.54, 1.807) is 10.4 Å². The Labute approximate surface area is 117 Å². The molecule has 19 heavy (non-hydrogen) atoms. The predicted molar refractivity (Wildman–Crippen MR) is 76.7 cm³/mol. The summed E-state index contributed by atoms with van der Waals surface area (Å²) in [5, 5.41) is 0. The monoisotopic (exact) mass is 293 g/mol. The summed E-state index contributed by atoms with van der Waals surface area (Å²) in [5.41, 5.74) is 1.07. The maximum Gasteiger partial charge on any atom is 0.253 e. The molecule has 1 fully saturated rings. The van der Waals surface area contributed by atoms with Gasteiger partial charge in [0.05, 0.1) is 6.04 Å². The highest BCUT2D eigenvalue weighted by molar-refractivity contribution is 7.91. The average molecular weight is 293 g/mol. The number of nitrogens with zero attached hydrogens (tertiary/aromatic N) is 1. The van der Waals surface area contributed by atoms with Gasteiger partial charge in [-0.05, 0) is 31.0 Å². The standard InChI is InChI=1S/C14H15NO2S2/c1-11-7-8-14(18-11)19(16,17)15-10-9-13(15)12-5-3-2-4-6-12/h2-8,13H,9-10H2,1H3. The Morgan fingerprint density at radius 2 is 1.89 bits per heavy atom. The van der Waals surface area contributed by atoms with Gasteiger partial charge in [-0.1, -0.05) is 30.3 Å². The van der Waals surface area contributed by atoms with E-state index in [-0.39, 0.29) is 6.04 Å². The van der Waals surface area contributed by atoms with Crippen molar-refractivity contribution in [3.63, 3.8) is 0 Å². The van der Waals surface area contributed by atoms with Crippen LogP contribution in [0, 0.1) is 6.92 Å². The first-order valence-corrected chi connectivity index (χ1v) is 8.48. The number of benzene rings is 1. The van der Waals surface area contributed by atoms with Crippen LogP contribution in [0.4, 0.5) is 0 Å². The minimum atomic E-state index is -3.33. The van der Waals surface area contributed by atoms with Crippen molar-refractivity contribution in [2.24, 2.45) is 0 Å². The lowest BCUT2D eigenvalue weighted by molar-refractivity contribution is 0.202. The zero-order valence-electron chi connectivity index (χ0n) is 10.6. The first-order valence-electron chi connectivity index (χ1n) is 6.22. The van der Waals surface area contributed by atoms with Gasteiger partial charge in [-0.25, -0.2) is 8.42 Å². The number of aryl methyl sites for hydroxylation is 1. The van der Waals surface area contributed by atoms with E-state index in [0.717, 1.165) is 16.9 Å². The summed E-state index contributed by atoms with van der Waals surface area (Å²) in [5.74, 6) is 0. The van der Waals surface area contributed by atoms with Crippen LogP contribution in [0.3, 0.4) is 0 Å². The Balaban J connectivity index is 1.91. The van der Waals surface area contributed by atoms with Crippen LogP contribution in [0.15, 0.2) is 46.7 Å². The zero-order valence-corrected chi connectivity index (χ0v) is 12.2. The molecule has 5 heteroatoms. The third-order valence-corrected chi connectivity index (χ3v) is 6.81. The Hall–Kier alpha value is -1.17. The van der Waals surface area contributed by atoms with Crippen molar-refractivity contribution in [3.05, 3.63) is 52.9 Å². The van der Waals surface area contributed by atoms with E-state index < -0.39 is 10.0 Å². The van der Waals surface area contributed by atoms with E-state index in [1.165, 1.54) is 11.3 Å². The van der Waals surface area contributed by atoms with E-state index in [1.807, 2.05) is 43.3 Å². The molecule has 2 heterocycles. The van der Waals surface area contributed by atoms with Crippen LogP contribution in [0.2, 0.25) is 0 Å². The van der Waals surface area contributed by atoms with Gasteiger partial charge >= 0.3 is 0 Å². The Bertz CT molecular complexity index is 676. The van der Waals surface area contributed by atoms with Crippen LogP contribution in [0.5, 0.6) is 0 Å². The van der Waals surface area contributed by atoms with Crippen LogP contribution in [-0.2, 0) is 10.0 Å². The van der Waals surface area contributed by atoms with Crippen LogP contribution in [0.25, 0.3) is 0 Å². The molecule has 1 aliphatic rings. The quantitative estimate of drug-likeness (QED) is 0.871. The molecule has 0 spiro atoms. The number of hydrogen-bond donors (Lipinski definition) is 0. The highest BCUT2D eigenvalue weighted by atomic mass is 32.2. The molecule has 0 aliphatic carbocycles. The second-order valence-electron chi connectivity index (χ2n) is 4.70. The minimum absolute atomic E-state index is 0.00592. The highest BCUT2D eigenvalue weighted by Gasteiger charge is 2.39. The second kappa shape index (κ2) is 4.74. The molecule has 3 rings (SSSR count). The minimum Gasteiger partial charge on any atom is -0.206 e. The molecule has 1 aromatic heterocycles. The zero-order chi connectivity index (χ0) is 13.5. The average Bonchev–Trinajstić information content (AvgIpc) is 2.76. The van der Waals surface area contributed by atoms with Gasteiger partial charge < -0.3 is 0 Å². The van der Waals surface area contributed by atoms with E-state index in [4.69, 9.17) is 0 Å². The summed E-state index contributed by atoms with van der Waals surface area (Å²) in [7, 11) is -3.33. The largest absolute Gasteiger partial charge is 0.253 e. The lowest BCUT2D eigenvalue weighted by atomic mass is 9.98. The van der Waals surface area contributed by atoms with E-state index in [2.05, 4.69) is 0 Å². The van der Waals surface area contributed by atoms with E-state index >= 15 is 0 Å². The smallest absolute Gasteiger partial charge is 0.206 e.